The van der Waals surface area contributed by atoms with Gasteiger partial charge < -0.3 is 10.1 Å². The number of ether oxygens (including phenoxy) is 1. The van der Waals surface area contributed by atoms with E-state index in [1.54, 1.807) is 19.9 Å². The molecule has 0 atom stereocenters. The number of benzene rings is 1. The van der Waals surface area contributed by atoms with Crippen molar-refractivity contribution >= 4 is 23.0 Å². The summed E-state index contributed by atoms with van der Waals surface area (Å²) in [6.07, 6.45) is 1.43. The fourth-order valence-corrected chi connectivity index (χ4v) is 1.61. The molecule has 1 heterocycles. The van der Waals surface area contributed by atoms with Gasteiger partial charge >= 0.3 is 6.03 Å². The standard InChI is InChI=1S/C14H16N4O3/c1-9(2)16-14(20)18-12(19)8-21-13-7-15-10-5-3-4-6-11(10)17-13/h3-7,9H,8H2,1-2H3,(H2,16,18,19,20). The van der Waals surface area contributed by atoms with Gasteiger partial charge in [-0.1, -0.05) is 12.1 Å². The van der Waals surface area contributed by atoms with Crippen LogP contribution < -0.4 is 15.4 Å². The first-order chi connectivity index (χ1) is 10.0. The number of para-hydroxylation sites is 2. The molecular formula is C14H16N4O3. The molecular weight excluding hydrogens is 272 g/mol. The van der Waals surface area contributed by atoms with Gasteiger partial charge in [0.15, 0.2) is 6.61 Å². The third-order valence-corrected chi connectivity index (χ3v) is 2.45. The van der Waals surface area contributed by atoms with Gasteiger partial charge in [0.2, 0.25) is 5.88 Å². The molecule has 0 radical (unpaired) electrons. The van der Waals surface area contributed by atoms with Crippen molar-refractivity contribution in [1.82, 2.24) is 20.6 Å². The fraction of sp³-hybridized carbons (Fsp3) is 0.286. The summed E-state index contributed by atoms with van der Waals surface area (Å²) in [7, 11) is 0. The SMILES string of the molecule is CC(C)NC(=O)NC(=O)COc1cnc2ccccc2n1. The Morgan fingerprint density at radius 2 is 1.95 bits per heavy atom. The van der Waals surface area contributed by atoms with E-state index in [1.165, 1.54) is 6.20 Å². The molecule has 2 aromatic rings. The van der Waals surface area contributed by atoms with Crippen LogP contribution in [0.3, 0.4) is 0 Å². The van der Waals surface area contributed by atoms with Gasteiger partial charge in [0.05, 0.1) is 17.2 Å². The van der Waals surface area contributed by atoms with Crippen LogP contribution in [0.25, 0.3) is 11.0 Å². The van der Waals surface area contributed by atoms with E-state index in [2.05, 4.69) is 20.6 Å². The first-order valence-electron chi connectivity index (χ1n) is 6.49. The summed E-state index contributed by atoms with van der Waals surface area (Å²) in [4.78, 5) is 31.2. The normalized spacial score (nSPS) is 10.4. The van der Waals surface area contributed by atoms with Gasteiger partial charge in [0.25, 0.3) is 5.91 Å². The zero-order valence-electron chi connectivity index (χ0n) is 11.8. The number of carbonyl (C=O) groups is 2. The molecule has 0 saturated heterocycles. The zero-order chi connectivity index (χ0) is 15.2. The Morgan fingerprint density at radius 1 is 1.24 bits per heavy atom. The zero-order valence-corrected chi connectivity index (χ0v) is 11.8. The van der Waals surface area contributed by atoms with Crippen molar-refractivity contribution in [3.63, 3.8) is 0 Å². The van der Waals surface area contributed by atoms with Gasteiger partial charge in [0, 0.05) is 6.04 Å². The highest BCUT2D eigenvalue weighted by atomic mass is 16.5. The maximum Gasteiger partial charge on any atom is 0.321 e. The monoisotopic (exact) mass is 288 g/mol. The first kappa shape index (κ1) is 14.7. The van der Waals surface area contributed by atoms with E-state index in [4.69, 9.17) is 4.74 Å². The minimum atomic E-state index is -0.553. The number of aromatic nitrogens is 2. The molecule has 2 rings (SSSR count). The summed E-state index contributed by atoms with van der Waals surface area (Å²) < 4.78 is 5.22. The molecule has 0 spiro atoms. The Kier molecular flexibility index (Phi) is 4.65. The van der Waals surface area contributed by atoms with E-state index in [0.717, 1.165) is 5.52 Å². The number of carbonyl (C=O) groups excluding carboxylic acids is 2. The molecule has 0 aliphatic heterocycles. The molecule has 110 valence electrons. The average molecular weight is 288 g/mol. The fourth-order valence-electron chi connectivity index (χ4n) is 1.61. The summed E-state index contributed by atoms with van der Waals surface area (Å²) >= 11 is 0. The van der Waals surface area contributed by atoms with Crippen molar-refractivity contribution in [3.05, 3.63) is 30.5 Å². The molecule has 0 aliphatic carbocycles. The average Bonchev–Trinajstić information content (AvgIpc) is 2.44. The number of fused-ring (bicyclic) bond motifs is 1. The third-order valence-electron chi connectivity index (χ3n) is 2.45. The van der Waals surface area contributed by atoms with Crippen LogP contribution in [0.4, 0.5) is 4.79 Å². The molecule has 0 bridgehead atoms. The third kappa shape index (κ3) is 4.41. The Morgan fingerprint density at radius 3 is 2.67 bits per heavy atom. The molecule has 21 heavy (non-hydrogen) atoms. The molecule has 3 amide bonds. The molecule has 7 nitrogen and oxygen atoms in total. The molecule has 1 aromatic carbocycles. The van der Waals surface area contributed by atoms with Crippen LogP contribution in [0.1, 0.15) is 13.8 Å². The molecule has 0 fully saturated rings. The predicted molar refractivity (Wildman–Crippen MR) is 76.8 cm³/mol. The lowest BCUT2D eigenvalue weighted by Gasteiger charge is -2.09. The first-order valence-corrected chi connectivity index (χ1v) is 6.49. The van der Waals surface area contributed by atoms with Crippen LogP contribution >= 0.6 is 0 Å². The van der Waals surface area contributed by atoms with E-state index in [9.17, 15) is 9.59 Å². The van der Waals surface area contributed by atoms with Gasteiger partial charge in [0.1, 0.15) is 0 Å². The minimum absolute atomic E-state index is 0.0509. The van der Waals surface area contributed by atoms with Crippen molar-refractivity contribution in [3.8, 4) is 5.88 Å². The molecule has 1 aromatic heterocycles. The second-order valence-corrected chi connectivity index (χ2v) is 4.66. The van der Waals surface area contributed by atoms with E-state index in [0.29, 0.717) is 5.52 Å². The van der Waals surface area contributed by atoms with Gasteiger partial charge in [-0.05, 0) is 26.0 Å². The lowest BCUT2D eigenvalue weighted by molar-refractivity contribution is -0.122. The van der Waals surface area contributed by atoms with Crippen LogP contribution in [0.5, 0.6) is 5.88 Å². The quantitative estimate of drug-likeness (QED) is 0.883. The summed E-state index contributed by atoms with van der Waals surface area (Å²) in [6.45, 7) is 3.29. The number of imide groups is 1. The van der Waals surface area contributed by atoms with Gasteiger partial charge in [-0.2, -0.15) is 0 Å². The van der Waals surface area contributed by atoms with E-state index < -0.39 is 11.9 Å². The lowest BCUT2D eigenvalue weighted by atomic mass is 10.3. The Labute approximate surface area is 121 Å². The summed E-state index contributed by atoms with van der Waals surface area (Å²) in [5.41, 5.74) is 1.42. The largest absolute Gasteiger partial charge is 0.466 e. The van der Waals surface area contributed by atoms with Crippen LogP contribution in [-0.4, -0.2) is 34.6 Å². The molecule has 2 N–H and O–H groups in total. The predicted octanol–water partition coefficient (Wildman–Crippen LogP) is 1.24. The number of hydrogen-bond acceptors (Lipinski definition) is 5. The Balaban J connectivity index is 1.89. The minimum Gasteiger partial charge on any atom is -0.466 e. The van der Waals surface area contributed by atoms with E-state index >= 15 is 0 Å². The van der Waals surface area contributed by atoms with E-state index in [-0.39, 0.29) is 18.5 Å². The van der Waals surface area contributed by atoms with Crippen molar-refractivity contribution in [2.75, 3.05) is 6.61 Å². The molecule has 0 saturated carbocycles. The van der Waals surface area contributed by atoms with Gasteiger partial charge in [-0.3, -0.25) is 10.1 Å². The molecule has 0 aliphatic rings. The maximum atomic E-state index is 11.5. The van der Waals surface area contributed by atoms with Gasteiger partial charge in [-0.15, -0.1) is 0 Å². The molecule has 0 unspecified atom stereocenters. The van der Waals surface area contributed by atoms with Crippen LogP contribution in [0, 0.1) is 0 Å². The van der Waals surface area contributed by atoms with Crippen LogP contribution in [0.2, 0.25) is 0 Å². The number of nitrogens with one attached hydrogen (secondary N) is 2. The lowest BCUT2D eigenvalue weighted by Crippen LogP contribution is -2.44. The van der Waals surface area contributed by atoms with Crippen LogP contribution in [0.15, 0.2) is 30.5 Å². The highest BCUT2D eigenvalue weighted by Crippen LogP contribution is 2.12. The number of hydrogen-bond donors (Lipinski definition) is 2. The topological polar surface area (TPSA) is 93.2 Å². The summed E-state index contributed by atoms with van der Waals surface area (Å²) in [5.74, 6) is -0.323. The van der Waals surface area contributed by atoms with Crippen molar-refractivity contribution < 1.29 is 14.3 Å². The van der Waals surface area contributed by atoms with Crippen LogP contribution in [-0.2, 0) is 4.79 Å². The molecule has 7 heteroatoms. The summed E-state index contributed by atoms with van der Waals surface area (Å²) in [6, 6.07) is 6.72. The van der Waals surface area contributed by atoms with Crippen molar-refractivity contribution in [2.24, 2.45) is 0 Å². The summed E-state index contributed by atoms with van der Waals surface area (Å²) in [5, 5.41) is 4.70. The maximum absolute atomic E-state index is 11.5. The Bertz CT molecular complexity index is 657. The van der Waals surface area contributed by atoms with Crippen molar-refractivity contribution in [1.29, 1.82) is 0 Å². The number of rotatable bonds is 4. The number of amides is 3. The number of urea groups is 1. The Hall–Kier alpha value is -2.70. The second kappa shape index (κ2) is 6.65. The van der Waals surface area contributed by atoms with E-state index in [1.807, 2.05) is 18.2 Å². The van der Waals surface area contributed by atoms with Crippen molar-refractivity contribution in [2.45, 2.75) is 19.9 Å². The van der Waals surface area contributed by atoms with Gasteiger partial charge in [-0.25, -0.2) is 14.8 Å². The highest BCUT2D eigenvalue weighted by Gasteiger charge is 2.10. The smallest absolute Gasteiger partial charge is 0.321 e. The second-order valence-electron chi connectivity index (χ2n) is 4.66. The highest BCUT2D eigenvalue weighted by molar-refractivity contribution is 5.95. The number of nitrogens with zero attached hydrogens (tertiary/aromatic N) is 2.